The maximum Gasteiger partial charge on any atom is 0.243 e. The molecule has 1 aromatic heterocycles. The van der Waals surface area contributed by atoms with Crippen LogP contribution >= 0.6 is 0 Å². The van der Waals surface area contributed by atoms with Crippen LogP contribution < -0.4 is 20.7 Å². The van der Waals surface area contributed by atoms with Crippen molar-refractivity contribution < 1.29 is 23.5 Å². The Labute approximate surface area is 215 Å². The third-order valence-corrected chi connectivity index (χ3v) is 6.95. The van der Waals surface area contributed by atoms with Gasteiger partial charge in [0.2, 0.25) is 17.7 Å². The molecule has 0 bridgehead atoms. The number of benzene rings is 1. The van der Waals surface area contributed by atoms with Gasteiger partial charge in [-0.25, -0.2) is 9.37 Å². The smallest absolute Gasteiger partial charge is 0.243 e. The fourth-order valence-electron chi connectivity index (χ4n) is 4.45. The highest BCUT2D eigenvalue weighted by molar-refractivity contribution is 5.93. The SMILES string of the molecule is C[C@@H]1C(=O)N[C@H](Cc2cnc[nH]2)C(=O)NCCCc2ccc(F)cc2OCCN[C@@H](C2CC2)C(=O)N1C. The first kappa shape index (κ1) is 26.6. The molecule has 4 rings (SSSR count). The molecule has 1 aromatic carbocycles. The van der Waals surface area contributed by atoms with Crippen molar-refractivity contribution in [1.29, 1.82) is 0 Å². The van der Waals surface area contributed by atoms with E-state index in [0.29, 0.717) is 37.4 Å². The second-order valence-corrected chi connectivity index (χ2v) is 9.73. The monoisotopic (exact) mass is 514 g/mol. The molecule has 2 aromatic rings. The normalized spacial score (nSPS) is 24.8. The van der Waals surface area contributed by atoms with Crippen LogP contribution in [-0.4, -0.2) is 77.5 Å². The molecule has 37 heavy (non-hydrogen) atoms. The minimum atomic E-state index is -0.847. The molecule has 1 aliphatic carbocycles. The number of halogens is 1. The molecule has 0 unspecified atom stereocenters. The summed E-state index contributed by atoms with van der Waals surface area (Å²) in [5, 5.41) is 8.98. The summed E-state index contributed by atoms with van der Waals surface area (Å²) in [7, 11) is 1.60. The van der Waals surface area contributed by atoms with Gasteiger partial charge in [0.1, 0.15) is 30.3 Å². The first-order valence-corrected chi connectivity index (χ1v) is 12.8. The molecule has 3 atom stereocenters. The van der Waals surface area contributed by atoms with Gasteiger partial charge < -0.3 is 30.6 Å². The first-order chi connectivity index (χ1) is 17.8. The number of hydrogen-bond acceptors (Lipinski definition) is 6. The van der Waals surface area contributed by atoms with Gasteiger partial charge in [-0.15, -0.1) is 0 Å². The van der Waals surface area contributed by atoms with E-state index < -0.39 is 24.0 Å². The lowest BCUT2D eigenvalue weighted by atomic mass is 10.1. The van der Waals surface area contributed by atoms with E-state index in [9.17, 15) is 18.8 Å². The van der Waals surface area contributed by atoms with E-state index in [-0.39, 0.29) is 36.6 Å². The second-order valence-electron chi connectivity index (χ2n) is 9.73. The van der Waals surface area contributed by atoms with E-state index in [2.05, 4.69) is 25.9 Å². The van der Waals surface area contributed by atoms with Gasteiger partial charge in [-0.2, -0.15) is 0 Å². The molecule has 11 heteroatoms. The third kappa shape index (κ3) is 7.06. The van der Waals surface area contributed by atoms with Crippen LogP contribution in [0.15, 0.2) is 30.7 Å². The Morgan fingerprint density at radius 3 is 2.70 bits per heavy atom. The van der Waals surface area contributed by atoms with Crippen LogP contribution in [0.25, 0.3) is 0 Å². The van der Waals surface area contributed by atoms with Crippen molar-refractivity contribution in [3.05, 3.63) is 47.8 Å². The molecular formula is C26H35FN6O4. The molecule has 4 N–H and O–H groups in total. The van der Waals surface area contributed by atoms with Crippen molar-refractivity contribution in [1.82, 2.24) is 30.8 Å². The number of fused-ring (bicyclic) bond motifs is 1. The summed E-state index contributed by atoms with van der Waals surface area (Å²) in [4.78, 5) is 47.9. The number of imidazole rings is 1. The van der Waals surface area contributed by atoms with Crippen molar-refractivity contribution in [3.63, 3.8) is 0 Å². The number of likely N-dealkylation sites (N-methyl/N-ethyl adjacent to an activating group) is 1. The molecule has 3 amide bonds. The van der Waals surface area contributed by atoms with Gasteiger partial charge in [0.05, 0.1) is 12.4 Å². The van der Waals surface area contributed by atoms with E-state index in [4.69, 9.17) is 4.74 Å². The Bertz CT molecular complexity index is 1090. The number of ether oxygens (including phenoxy) is 1. The number of rotatable bonds is 3. The Morgan fingerprint density at radius 1 is 1.16 bits per heavy atom. The van der Waals surface area contributed by atoms with Crippen LogP contribution in [0.4, 0.5) is 4.39 Å². The zero-order valence-corrected chi connectivity index (χ0v) is 21.3. The standard InChI is InChI=1S/C26H35FN6O4/c1-16-24(34)32-21(13-20-14-28-15-31-20)25(35)30-9-3-4-17-7-8-19(27)12-22(17)37-11-10-29-23(18-5-6-18)26(36)33(16)2/h7-8,12,14-16,18,21,23,29H,3-6,9-11,13H2,1-2H3,(H,28,31)(H,30,35)(H,32,34)/t16-,21-,23+/m1/s1. The number of carbonyl (C=O) groups is 3. The summed E-state index contributed by atoms with van der Waals surface area (Å²) >= 11 is 0. The molecule has 200 valence electrons. The van der Waals surface area contributed by atoms with Crippen LogP contribution in [-0.2, 0) is 27.2 Å². The zero-order chi connectivity index (χ0) is 26.4. The summed E-state index contributed by atoms with van der Waals surface area (Å²) < 4.78 is 19.8. The number of nitrogens with one attached hydrogen (secondary N) is 4. The zero-order valence-electron chi connectivity index (χ0n) is 21.3. The highest BCUT2D eigenvalue weighted by Gasteiger charge is 2.39. The maximum absolute atomic E-state index is 13.9. The minimum Gasteiger partial charge on any atom is -0.492 e. The predicted octanol–water partition coefficient (Wildman–Crippen LogP) is 0.933. The van der Waals surface area contributed by atoms with Gasteiger partial charge in [-0.1, -0.05) is 6.07 Å². The number of hydrogen-bond donors (Lipinski definition) is 4. The average molecular weight is 515 g/mol. The molecule has 1 fully saturated rings. The molecule has 10 nitrogen and oxygen atoms in total. The highest BCUT2D eigenvalue weighted by atomic mass is 19.1. The Balaban J connectivity index is 1.54. The number of carbonyl (C=O) groups excluding carboxylic acids is 3. The topological polar surface area (TPSA) is 128 Å². The number of nitrogens with zero attached hydrogens (tertiary/aromatic N) is 2. The number of amides is 3. The molecular weight excluding hydrogens is 479 g/mol. The minimum absolute atomic E-state index is 0.188. The van der Waals surface area contributed by atoms with Gasteiger partial charge >= 0.3 is 0 Å². The lowest BCUT2D eigenvalue weighted by molar-refractivity contribution is -0.141. The van der Waals surface area contributed by atoms with Crippen LogP contribution in [0.5, 0.6) is 5.75 Å². The van der Waals surface area contributed by atoms with E-state index in [1.165, 1.54) is 23.4 Å². The van der Waals surface area contributed by atoms with Crippen LogP contribution in [0.3, 0.4) is 0 Å². The summed E-state index contributed by atoms with van der Waals surface area (Å²) in [5.41, 5.74) is 1.54. The molecule has 2 heterocycles. The van der Waals surface area contributed by atoms with Crippen molar-refractivity contribution in [2.24, 2.45) is 5.92 Å². The van der Waals surface area contributed by atoms with E-state index >= 15 is 0 Å². The van der Waals surface area contributed by atoms with Gasteiger partial charge in [-0.3, -0.25) is 14.4 Å². The molecule has 1 saturated carbocycles. The van der Waals surface area contributed by atoms with Crippen molar-refractivity contribution in [3.8, 4) is 5.75 Å². The first-order valence-electron chi connectivity index (χ1n) is 12.8. The quantitative estimate of drug-likeness (QED) is 0.483. The molecule has 0 saturated heterocycles. The summed E-state index contributed by atoms with van der Waals surface area (Å²) in [5.74, 6) is -0.671. The molecule has 0 radical (unpaired) electrons. The third-order valence-electron chi connectivity index (χ3n) is 6.95. The average Bonchev–Trinajstić information content (AvgIpc) is 3.59. The maximum atomic E-state index is 13.9. The van der Waals surface area contributed by atoms with Crippen LogP contribution in [0.1, 0.15) is 37.4 Å². The molecule has 2 aliphatic rings. The van der Waals surface area contributed by atoms with Crippen LogP contribution in [0, 0.1) is 11.7 Å². The van der Waals surface area contributed by atoms with Crippen molar-refractivity contribution in [2.75, 3.05) is 26.7 Å². The summed E-state index contributed by atoms with van der Waals surface area (Å²) in [6, 6.07) is 2.36. The van der Waals surface area contributed by atoms with Crippen molar-refractivity contribution >= 4 is 17.7 Å². The number of aromatic amines is 1. The fraction of sp³-hybridized carbons (Fsp3) is 0.538. The van der Waals surface area contributed by atoms with E-state index in [0.717, 1.165) is 18.4 Å². The Hall–Kier alpha value is -3.47. The molecule has 1 aliphatic heterocycles. The summed E-state index contributed by atoms with van der Waals surface area (Å²) in [6.45, 7) is 2.68. The lowest BCUT2D eigenvalue weighted by Gasteiger charge is -2.30. The van der Waals surface area contributed by atoms with Crippen LogP contribution in [0.2, 0.25) is 0 Å². The van der Waals surface area contributed by atoms with Gasteiger partial charge in [0.15, 0.2) is 0 Å². The predicted molar refractivity (Wildman–Crippen MR) is 134 cm³/mol. The number of H-pyrrole nitrogens is 1. The largest absolute Gasteiger partial charge is 0.492 e. The Kier molecular flexibility index (Phi) is 8.75. The number of aryl methyl sites for hydroxylation is 1. The Morgan fingerprint density at radius 2 is 1.97 bits per heavy atom. The number of aromatic nitrogens is 2. The fourth-order valence-corrected chi connectivity index (χ4v) is 4.45. The molecule has 0 spiro atoms. The van der Waals surface area contributed by atoms with E-state index in [1.54, 1.807) is 26.2 Å². The highest BCUT2D eigenvalue weighted by Crippen LogP contribution is 2.33. The lowest BCUT2D eigenvalue weighted by Crippen LogP contribution is -2.56. The van der Waals surface area contributed by atoms with Crippen molar-refractivity contribution in [2.45, 2.75) is 57.2 Å². The van der Waals surface area contributed by atoms with E-state index in [1.807, 2.05) is 0 Å². The van der Waals surface area contributed by atoms with Gasteiger partial charge in [-0.05, 0) is 50.2 Å². The second kappa shape index (κ2) is 12.2. The summed E-state index contributed by atoms with van der Waals surface area (Å²) in [6.07, 6.45) is 6.38. The van der Waals surface area contributed by atoms with Gasteiger partial charge in [0, 0.05) is 44.5 Å². The van der Waals surface area contributed by atoms with Gasteiger partial charge in [0.25, 0.3) is 0 Å².